The van der Waals surface area contributed by atoms with Crippen molar-refractivity contribution in [3.05, 3.63) is 76.1 Å². The molecule has 4 N–H and O–H groups in total. The van der Waals surface area contributed by atoms with E-state index in [0.717, 1.165) is 45.8 Å². The molecule has 1 aliphatic rings. The summed E-state index contributed by atoms with van der Waals surface area (Å²) in [6.45, 7) is 2.56. The van der Waals surface area contributed by atoms with Crippen molar-refractivity contribution >= 4 is 21.7 Å². The first kappa shape index (κ1) is 17.0. The number of nitrogens with two attached hydrogens (primary N) is 1. The Bertz CT molecular complexity index is 1280. The van der Waals surface area contributed by atoms with Gasteiger partial charge in [0.15, 0.2) is 0 Å². The molecule has 1 heterocycles. The van der Waals surface area contributed by atoms with Gasteiger partial charge in [-0.3, -0.25) is 4.79 Å². The first-order chi connectivity index (χ1) is 13.5. The van der Waals surface area contributed by atoms with Gasteiger partial charge in [0, 0.05) is 28.3 Å². The van der Waals surface area contributed by atoms with Crippen molar-refractivity contribution in [2.75, 3.05) is 6.54 Å². The van der Waals surface area contributed by atoms with E-state index in [1.807, 2.05) is 31.2 Å². The average Bonchev–Trinajstić information content (AvgIpc) is 3.51. The molecule has 0 aliphatic heterocycles. The number of nitrogens with one attached hydrogen (secondary N) is 1. The van der Waals surface area contributed by atoms with Gasteiger partial charge in [-0.15, -0.1) is 0 Å². The molecular formula is C24H22N2O2. The second-order valence-corrected chi connectivity index (χ2v) is 7.90. The Balaban J connectivity index is 1.82. The van der Waals surface area contributed by atoms with Gasteiger partial charge in [0.1, 0.15) is 5.75 Å². The van der Waals surface area contributed by atoms with Crippen LogP contribution >= 0.6 is 0 Å². The van der Waals surface area contributed by atoms with Crippen LogP contribution in [-0.4, -0.2) is 16.6 Å². The molecule has 0 spiro atoms. The lowest BCUT2D eigenvalue weighted by molar-refractivity contribution is 0.477. The van der Waals surface area contributed by atoms with Crippen LogP contribution in [0, 0.1) is 6.92 Å². The van der Waals surface area contributed by atoms with Gasteiger partial charge >= 0.3 is 0 Å². The van der Waals surface area contributed by atoms with Crippen LogP contribution in [-0.2, 0) is 5.41 Å². The van der Waals surface area contributed by atoms with Crippen molar-refractivity contribution in [3.8, 4) is 16.9 Å². The Morgan fingerprint density at radius 2 is 1.75 bits per heavy atom. The van der Waals surface area contributed by atoms with E-state index in [9.17, 15) is 9.90 Å². The van der Waals surface area contributed by atoms with Crippen LogP contribution in [0.1, 0.15) is 24.0 Å². The van der Waals surface area contributed by atoms with E-state index < -0.39 is 0 Å². The standard InChI is InChI=1S/C24H22N2O2/c1-14-12-19(27)20(15-6-8-16(9-7-15)24(13-25)10-11-24)21-17-4-2-3-5-18(17)23(28)26-22(14)21/h2-9,12,27H,10-11,13,25H2,1H3,(H,26,28). The summed E-state index contributed by atoms with van der Waals surface area (Å²) in [6, 6.07) is 17.6. The number of H-pyrrole nitrogens is 1. The fourth-order valence-corrected chi connectivity index (χ4v) is 4.35. The summed E-state index contributed by atoms with van der Waals surface area (Å²) < 4.78 is 0. The Hall–Kier alpha value is -3.11. The third-order valence-corrected chi connectivity index (χ3v) is 6.21. The number of aromatic nitrogens is 1. The van der Waals surface area contributed by atoms with Crippen molar-refractivity contribution in [1.82, 2.24) is 4.98 Å². The smallest absolute Gasteiger partial charge is 0.256 e. The zero-order valence-electron chi connectivity index (χ0n) is 15.8. The zero-order valence-corrected chi connectivity index (χ0v) is 15.8. The Labute approximate surface area is 162 Å². The Morgan fingerprint density at radius 1 is 1.07 bits per heavy atom. The zero-order chi connectivity index (χ0) is 19.5. The van der Waals surface area contributed by atoms with Gasteiger partial charge in [0.2, 0.25) is 0 Å². The Morgan fingerprint density at radius 3 is 2.39 bits per heavy atom. The molecule has 5 rings (SSSR count). The molecule has 1 aromatic heterocycles. The van der Waals surface area contributed by atoms with Gasteiger partial charge in [-0.25, -0.2) is 0 Å². The molecular weight excluding hydrogens is 348 g/mol. The summed E-state index contributed by atoms with van der Waals surface area (Å²) in [6.07, 6.45) is 2.26. The van der Waals surface area contributed by atoms with E-state index >= 15 is 0 Å². The molecule has 0 atom stereocenters. The van der Waals surface area contributed by atoms with Gasteiger partial charge in [-0.1, -0.05) is 42.5 Å². The topological polar surface area (TPSA) is 79.1 Å². The quantitative estimate of drug-likeness (QED) is 0.469. The number of hydrogen-bond donors (Lipinski definition) is 3. The molecule has 3 aromatic carbocycles. The van der Waals surface area contributed by atoms with E-state index in [2.05, 4.69) is 29.2 Å². The lowest BCUT2D eigenvalue weighted by atomic mass is 9.90. The number of rotatable bonds is 3. The molecule has 4 heteroatoms. The minimum atomic E-state index is -0.114. The van der Waals surface area contributed by atoms with Gasteiger partial charge in [0.05, 0.1) is 5.52 Å². The Kier molecular flexibility index (Phi) is 3.61. The first-order valence-corrected chi connectivity index (χ1v) is 9.62. The summed E-state index contributed by atoms with van der Waals surface area (Å²) in [5, 5.41) is 13.2. The number of hydrogen-bond acceptors (Lipinski definition) is 3. The number of phenols is 1. The highest BCUT2D eigenvalue weighted by molar-refractivity contribution is 6.14. The van der Waals surface area contributed by atoms with E-state index in [0.29, 0.717) is 11.9 Å². The van der Waals surface area contributed by atoms with Crippen molar-refractivity contribution in [2.45, 2.75) is 25.2 Å². The van der Waals surface area contributed by atoms with Gasteiger partial charge in [-0.05, 0) is 54.0 Å². The largest absolute Gasteiger partial charge is 0.507 e. The number of aromatic amines is 1. The van der Waals surface area contributed by atoms with Crippen molar-refractivity contribution in [3.63, 3.8) is 0 Å². The molecule has 0 radical (unpaired) electrons. The SMILES string of the molecule is Cc1cc(O)c(-c2ccc(C3(CN)CC3)cc2)c2c1[nH]c(=O)c1ccccc12. The number of aromatic hydroxyl groups is 1. The molecule has 0 bridgehead atoms. The molecule has 0 amide bonds. The highest BCUT2D eigenvalue weighted by Gasteiger charge is 2.42. The van der Waals surface area contributed by atoms with Crippen molar-refractivity contribution in [1.29, 1.82) is 0 Å². The first-order valence-electron chi connectivity index (χ1n) is 9.62. The van der Waals surface area contributed by atoms with Crippen molar-refractivity contribution in [2.24, 2.45) is 5.73 Å². The summed E-state index contributed by atoms with van der Waals surface area (Å²) in [7, 11) is 0. The highest BCUT2D eigenvalue weighted by atomic mass is 16.3. The number of fused-ring (bicyclic) bond motifs is 3. The number of pyridine rings is 1. The van der Waals surface area contributed by atoms with Crippen LogP contribution in [0.25, 0.3) is 32.8 Å². The monoisotopic (exact) mass is 370 g/mol. The molecule has 1 aliphatic carbocycles. The van der Waals surface area contributed by atoms with Gasteiger partial charge < -0.3 is 15.8 Å². The summed E-state index contributed by atoms with van der Waals surface area (Å²) >= 11 is 0. The third-order valence-electron chi connectivity index (χ3n) is 6.21. The van der Waals surface area contributed by atoms with Crippen LogP contribution in [0.2, 0.25) is 0 Å². The van der Waals surface area contributed by atoms with Crippen LogP contribution in [0.3, 0.4) is 0 Å². The van der Waals surface area contributed by atoms with Crippen LogP contribution < -0.4 is 11.3 Å². The normalized spacial score (nSPS) is 15.2. The second kappa shape index (κ2) is 5.94. The summed E-state index contributed by atoms with van der Waals surface area (Å²) in [5.41, 5.74) is 10.5. The second-order valence-electron chi connectivity index (χ2n) is 7.90. The number of phenolic OH excluding ortho intramolecular Hbond substituents is 1. The molecule has 4 nitrogen and oxygen atoms in total. The fourth-order valence-electron chi connectivity index (χ4n) is 4.35. The molecule has 28 heavy (non-hydrogen) atoms. The van der Waals surface area contributed by atoms with Gasteiger partial charge in [0.25, 0.3) is 5.56 Å². The minimum absolute atomic E-state index is 0.114. The highest BCUT2D eigenvalue weighted by Crippen LogP contribution is 2.48. The number of benzene rings is 3. The number of aryl methyl sites for hydroxylation is 1. The maximum atomic E-state index is 12.5. The van der Waals surface area contributed by atoms with Gasteiger partial charge in [-0.2, -0.15) is 0 Å². The van der Waals surface area contributed by atoms with E-state index in [-0.39, 0.29) is 16.7 Å². The molecule has 0 saturated heterocycles. The van der Waals surface area contributed by atoms with E-state index in [1.54, 1.807) is 6.07 Å². The predicted molar refractivity (Wildman–Crippen MR) is 114 cm³/mol. The van der Waals surface area contributed by atoms with Crippen LogP contribution in [0.15, 0.2) is 59.4 Å². The molecule has 140 valence electrons. The average molecular weight is 370 g/mol. The summed E-state index contributed by atoms with van der Waals surface area (Å²) in [4.78, 5) is 15.6. The maximum Gasteiger partial charge on any atom is 0.256 e. The predicted octanol–water partition coefficient (Wildman–Crippen LogP) is 4.35. The lowest BCUT2D eigenvalue weighted by Gasteiger charge is -2.16. The lowest BCUT2D eigenvalue weighted by Crippen LogP contribution is -2.19. The molecule has 4 aromatic rings. The molecule has 1 saturated carbocycles. The molecule has 0 unspecified atom stereocenters. The minimum Gasteiger partial charge on any atom is -0.507 e. The van der Waals surface area contributed by atoms with Crippen molar-refractivity contribution < 1.29 is 5.11 Å². The van der Waals surface area contributed by atoms with E-state index in [1.165, 1.54) is 5.56 Å². The molecule has 1 fully saturated rings. The fraction of sp³-hybridized carbons (Fsp3) is 0.208. The van der Waals surface area contributed by atoms with Crippen LogP contribution in [0.4, 0.5) is 0 Å². The maximum absolute atomic E-state index is 12.5. The van der Waals surface area contributed by atoms with Crippen LogP contribution in [0.5, 0.6) is 5.75 Å². The summed E-state index contributed by atoms with van der Waals surface area (Å²) in [5.74, 6) is 0.218. The third kappa shape index (κ3) is 2.38. The van der Waals surface area contributed by atoms with E-state index in [4.69, 9.17) is 5.73 Å².